The minimum atomic E-state index is -0.0947. The van der Waals surface area contributed by atoms with Gasteiger partial charge in [-0.3, -0.25) is 9.48 Å². The second-order valence-electron chi connectivity index (χ2n) is 4.33. The molecule has 104 valence electrons. The fourth-order valence-corrected chi connectivity index (χ4v) is 2.65. The van der Waals surface area contributed by atoms with Crippen molar-refractivity contribution < 1.29 is 4.79 Å². The second kappa shape index (κ2) is 6.37. The molecular weight excluding hydrogens is 272 g/mol. The summed E-state index contributed by atoms with van der Waals surface area (Å²) in [6, 6.07) is 1.85. The normalized spacial score (nSPS) is 9.95. The van der Waals surface area contributed by atoms with Crippen molar-refractivity contribution in [2.45, 2.75) is 13.5 Å². The summed E-state index contributed by atoms with van der Waals surface area (Å²) < 4.78 is 1.71. The molecule has 0 aromatic carbocycles. The van der Waals surface area contributed by atoms with Crippen molar-refractivity contribution in [2.75, 3.05) is 6.54 Å². The first-order valence-corrected chi connectivity index (χ1v) is 6.97. The number of carbonyl (C=O) groups excluding carboxylic acids is 1. The van der Waals surface area contributed by atoms with Crippen LogP contribution in [0.4, 0.5) is 0 Å². The van der Waals surface area contributed by atoms with E-state index in [0.717, 1.165) is 16.0 Å². The SMILES string of the molecule is Cc1cc(C(=O)NCc2cnn(C)c2)sc1C#CCN. The van der Waals surface area contributed by atoms with Crippen LogP contribution >= 0.6 is 11.3 Å². The van der Waals surface area contributed by atoms with Gasteiger partial charge < -0.3 is 11.1 Å². The molecule has 0 saturated carbocycles. The highest BCUT2D eigenvalue weighted by atomic mass is 32.1. The molecular formula is C14H16N4OS. The first-order valence-electron chi connectivity index (χ1n) is 6.15. The van der Waals surface area contributed by atoms with Gasteiger partial charge in [-0.05, 0) is 18.6 Å². The summed E-state index contributed by atoms with van der Waals surface area (Å²) in [6.07, 6.45) is 3.61. The zero-order chi connectivity index (χ0) is 14.5. The van der Waals surface area contributed by atoms with Gasteiger partial charge in [0, 0.05) is 25.4 Å². The van der Waals surface area contributed by atoms with Gasteiger partial charge in [0.2, 0.25) is 0 Å². The van der Waals surface area contributed by atoms with Crippen LogP contribution in [0.3, 0.4) is 0 Å². The number of nitrogens with zero attached hydrogens (tertiary/aromatic N) is 2. The van der Waals surface area contributed by atoms with E-state index in [1.807, 2.05) is 26.2 Å². The predicted octanol–water partition coefficient (Wildman–Crippen LogP) is 1.03. The van der Waals surface area contributed by atoms with Gasteiger partial charge in [0.1, 0.15) is 0 Å². The Bertz CT molecular complexity index is 675. The lowest BCUT2D eigenvalue weighted by molar-refractivity contribution is 0.0955. The van der Waals surface area contributed by atoms with E-state index in [0.29, 0.717) is 18.0 Å². The summed E-state index contributed by atoms with van der Waals surface area (Å²) in [5, 5.41) is 6.93. The van der Waals surface area contributed by atoms with Crippen molar-refractivity contribution in [3.05, 3.63) is 39.3 Å². The van der Waals surface area contributed by atoms with Crippen LogP contribution in [0.1, 0.15) is 25.7 Å². The Morgan fingerprint density at radius 2 is 2.40 bits per heavy atom. The van der Waals surface area contributed by atoms with Crippen LogP contribution in [0.2, 0.25) is 0 Å². The third-order valence-corrected chi connectivity index (χ3v) is 3.81. The number of nitrogens with two attached hydrogens (primary N) is 1. The maximum atomic E-state index is 12.1. The van der Waals surface area contributed by atoms with Gasteiger partial charge in [-0.1, -0.05) is 11.8 Å². The smallest absolute Gasteiger partial charge is 0.261 e. The van der Waals surface area contributed by atoms with Crippen molar-refractivity contribution in [1.82, 2.24) is 15.1 Å². The lowest BCUT2D eigenvalue weighted by Crippen LogP contribution is -2.21. The van der Waals surface area contributed by atoms with E-state index in [1.165, 1.54) is 11.3 Å². The van der Waals surface area contributed by atoms with Gasteiger partial charge in [0.25, 0.3) is 5.91 Å². The average molecular weight is 288 g/mol. The van der Waals surface area contributed by atoms with E-state index in [4.69, 9.17) is 5.73 Å². The molecule has 3 N–H and O–H groups in total. The summed E-state index contributed by atoms with van der Waals surface area (Å²) in [5.74, 6) is 5.68. The third-order valence-electron chi connectivity index (χ3n) is 2.66. The van der Waals surface area contributed by atoms with Crippen molar-refractivity contribution in [3.63, 3.8) is 0 Å². The molecule has 0 spiro atoms. The van der Waals surface area contributed by atoms with E-state index in [-0.39, 0.29) is 5.91 Å². The first-order chi connectivity index (χ1) is 9.60. The van der Waals surface area contributed by atoms with Crippen LogP contribution in [0.25, 0.3) is 0 Å². The number of hydrogen-bond acceptors (Lipinski definition) is 4. The van der Waals surface area contributed by atoms with E-state index < -0.39 is 0 Å². The summed E-state index contributed by atoms with van der Waals surface area (Å²) in [6.45, 7) is 2.72. The van der Waals surface area contributed by atoms with Crippen LogP contribution in [0.5, 0.6) is 0 Å². The summed E-state index contributed by atoms with van der Waals surface area (Å²) >= 11 is 1.39. The lowest BCUT2D eigenvalue weighted by Gasteiger charge is -2.00. The molecule has 0 radical (unpaired) electrons. The van der Waals surface area contributed by atoms with E-state index >= 15 is 0 Å². The first kappa shape index (κ1) is 14.3. The second-order valence-corrected chi connectivity index (χ2v) is 5.39. The topological polar surface area (TPSA) is 72.9 Å². The number of rotatable bonds is 3. The minimum Gasteiger partial charge on any atom is -0.347 e. The summed E-state index contributed by atoms with van der Waals surface area (Å²) in [5.41, 5.74) is 7.32. The quantitative estimate of drug-likeness (QED) is 0.829. The molecule has 5 nitrogen and oxygen atoms in total. The van der Waals surface area contributed by atoms with Gasteiger partial charge >= 0.3 is 0 Å². The molecule has 0 aliphatic heterocycles. The Balaban J connectivity index is 2.02. The third kappa shape index (κ3) is 3.47. The van der Waals surface area contributed by atoms with Crippen molar-refractivity contribution in [2.24, 2.45) is 12.8 Å². The number of hydrogen-bond donors (Lipinski definition) is 2. The van der Waals surface area contributed by atoms with Crippen molar-refractivity contribution in [1.29, 1.82) is 0 Å². The van der Waals surface area contributed by atoms with Crippen LogP contribution in [-0.4, -0.2) is 22.2 Å². The number of thiophene rings is 1. The molecule has 0 aliphatic carbocycles. The Labute approximate surface area is 121 Å². The van der Waals surface area contributed by atoms with Gasteiger partial charge in [-0.25, -0.2) is 0 Å². The van der Waals surface area contributed by atoms with Crippen LogP contribution < -0.4 is 11.1 Å². The molecule has 0 unspecified atom stereocenters. The van der Waals surface area contributed by atoms with Crippen LogP contribution in [-0.2, 0) is 13.6 Å². The van der Waals surface area contributed by atoms with Gasteiger partial charge in [-0.2, -0.15) is 5.10 Å². The molecule has 6 heteroatoms. The molecule has 2 aromatic rings. The number of aryl methyl sites for hydroxylation is 2. The average Bonchev–Trinajstić information content (AvgIpc) is 3.00. The van der Waals surface area contributed by atoms with Gasteiger partial charge in [0.15, 0.2) is 0 Å². The molecule has 20 heavy (non-hydrogen) atoms. The minimum absolute atomic E-state index is 0.0947. The zero-order valence-electron chi connectivity index (χ0n) is 11.4. The fourth-order valence-electron chi connectivity index (χ4n) is 1.68. The van der Waals surface area contributed by atoms with Crippen LogP contribution in [0, 0.1) is 18.8 Å². The number of amides is 1. The van der Waals surface area contributed by atoms with E-state index in [2.05, 4.69) is 22.3 Å². The standard InChI is InChI=1S/C14H16N4OS/c1-10-6-13(20-12(10)4-3-5-15)14(19)16-7-11-8-17-18(2)9-11/h6,8-9H,5,7,15H2,1-2H3,(H,16,19). The Morgan fingerprint density at radius 3 is 3.05 bits per heavy atom. The van der Waals surface area contributed by atoms with E-state index in [1.54, 1.807) is 10.9 Å². The Hall–Kier alpha value is -2.10. The summed E-state index contributed by atoms with van der Waals surface area (Å²) in [7, 11) is 1.84. The molecule has 1 amide bonds. The number of carbonyl (C=O) groups is 1. The highest BCUT2D eigenvalue weighted by molar-refractivity contribution is 7.14. The number of aromatic nitrogens is 2. The fraction of sp³-hybridized carbons (Fsp3) is 0.286. The predicted molar refractivity (Wildman–Crippen MR) is 79.4 cm³/mol. The molecule has 0 atom stereocenters. The van der Waals surface area contributed by atoms with Gasteiger partial charge in [0.05, 0.1) is 22.5 Å². The molecule has 0 bridgehead atoms. The Kier molecular flexibility index (Phi) is 4.56. The summed E-state index contributed by atoms with van der Waals surface area (Å²) in [4.78, 5) is 13.6. The lowest BCUT2D eigenvalue weighted by atomic mass is 10.2. The Morgan fingerprint density at radius 1 is 1.60 bits per heavy atom. The molecule has 2 aromatic heterocycles. The molecule has 2 rings (SSSR count). The molecule has 0 saturated heterocycles. The van der Waals surface area contributed by atoms with Crippen molar-refractivity contribution in [3.8, 4) is 11.8 Å². The molecule has 0 aliphatic rings. The largest absolute Gasteiger partial charge is 0.347 e. The monoisotopic (exact) mass is 288 g/mol. The molecule has 0 fully saturated rings. The molecule has 2 heterocycles. The highest BCUT2D eigenvalue weighted by Gasteiger charge is 2.11. The highest BCUT2D eigenvalue weighted by Crippen LogP contribution is 2.20. The van der Waals surface area contributed by atoms with Crippen LogP contribution in [0.15, 0.2) is 18.5 Å². The van der Waals surface area contributed by atoms with E-state index in [9.17, 15) is 4.79 Å². The van der Waals surface area contributed by atoms with Gasteiger partial charge in [-0.15, -0.1) is 11.3 Å². The number of nitrogens with one attached hydrogen (secondary N) is 1. The maximum absolute atomic E-state index is 12.1. The van der Waals surface area contributed by atoms with Crippen molar-refractivity contribution >= 4 is 17.2 Å². The maximum Gasteiger partial charge on any atom is 0.261 e. The zero-order valence-corrected chi connectivity index (χ0v) is 12.3.